The molecule has 0 radical (unpaired) electrons. The van der Waals surface area contributed by atoms with Crippen molar-refractivity contribution < 1.29 is 4.74 Å². The van der Waals surface area contributed by atoms with Crippen LogP contribution in [0.25, 0.3) is 0 Å². The van der Waals surface area contributed by atoms with Gasteiger partial charge in [-0.2, -0.15) is 0 Å². The molecule has 0 bridgehead atoms. The molecular weight excluding hydrogens is 236 g/mol. The number of ether oxygens (including phenoxy) is 1. The lowest BCUT2D eigenvalue weighted by Gasteiger charge is -2.08. The molecule has 0 fully saturated rings. The maximum Gasteiger partial charge on any atom is 0.119 e. The van der Waals surface area contributed by atoms with Crippen LogP contribution in [0.5, 0.6) is 5.75 Å². The van der Waals surface area contributed by atoms with Crippen LogP contribution in [-0.4, -0.2) is 11.7 Å². The van der Waals surface area contributed by atoms with E-state index in [2.05, 4.69) is 42.1 Å². The molecule has 19 heavy (non-hydrogen) atoms. The van der Waals surface area contributed by atoms with Crippen LogP contribution in [0.15, 0.2) is 42.7 Å². The first-order valence-electron chi connectivity index (χ1n) is 6.77. The predicted molar refractivity (Wildman–Crippen MR) is 78.4 cm³/mol. The summed E-state index contributed by atoms with van der Waals surface area (Å²) in [5.41, 5.74) is 8.56. The molecule has 3 nitrogen and oxygen atoms in total. The molecule has 2 rings (SSSR count). The summed E-state index contributed by atoms with van der Waals surface area (Å²) in [6, 6.07) is 10.4. The van der Waals surface area contributed by atoms with E-state index in [1.807, 2.05) is 12.1 Å². The maximum absolute atomic E-state index is 6.12. The van der Waals surface area contributed by atoms with Gasteiger partial charge >= 0.3 is 0 Å². The first-order valence-corrected chi connectivity index (χ1v) is 6.77. The zero-order valence-corrected chi connectivity index (χ0v) is 11.7. The zero-order valence-electron chi connectivity index (χ0n) is 11.7. The Labute approximate surface area is 115 Å². The number of nitrogens with two attached hydrogens (primary N) is 1. The number of nitrogens with zero attached hydrogens (tertiary/aromatic N) is 1. The molecule has 0 amide bonds. The molecule has 3 heteroatoms. The lowest BCUT2D eigenvalue weighted by molar-refractivity contribution is 0.414. The molecule has 0 aliphatic rings. The lowest BCUT2D eigenvalue weighted by atomic mass is 10.1. The molecule has 0 aliphatic carbocycles. The molecular formula is C16H22N2O. The van der Waals surface area contributed by atoms with Crippen molar-refractivity contribution in [3.8, 4) is 5.75 Å². The third kappa shape index (κ3) is 3.61. The topological polar surface area (TPSA) is 40.2 Å². The lowest BCUT2D eigenvalue weighted by Crippen LogP contribution is -2.08. The highest BCUT2D eigenvalue weighted by atomic mass is 16.5. The van der Waals surface area contributed by atoms with Crippen LogP contribution in [-0.2, 0) is 6.54 Å². The zero-order chi connectivity index (χ0) is 13.7. The van der Waals surface area contributed by atoms with E-state index in [-0.39, 0.29) is 6.04 Å². The minimum absolute atomic E-state index is 0.150. The Balaban J connectivity index is 2.06. The fourth-order valence-electron chi connectivity index (χ4n) is 2.24. The Bertz CT molecular complexity index is 519. The van der Waals surface area contributed by atoms with Crippen molar-refractivity contribution in [2.75, 3.05) is 7.11 Å². The van der Waals surface area contributed by atoms with E-state index < -0.39 is 0 Å². The Morgan fingerprint density at radius 1 is 1.32 bits per heavy atom. The number of benzene rings is 1. The van der Waals surface area contributed by atoms with Crippen molar-refractivity contribution in [3.05, 3.63) is 53.9 Å². The Morgan fingerprint density at radius 3 is 2.89 bits per heavy atom. The van der Waals surface area contributed by atoms with Gasteiger partial charge in [-0.25, -0.2) is 0 Å². The summed E-state index contributed by atoms with van der Waals surface area (Å²) >= 11 is 0. The minimum Gasteiger partial charge on any atom is -0.497 e. The van der Waals surface area contributed by atoms with Crippen molar-refractivity contribution in [2.45, 2.75) is 32.4 Å². The third-order valence-electron chi connectivity index (χ3n) is 3.30. The van der Waals surface area contributed by atoms with Gasteiger partial charge in [-0.05, 0) is 35.7 Å². The number of hydrogen-bond acceptors (Lipinski definition) is 2. The summed E-state index contributed by atoms with van der Waals surface area (Å²) in [5, 5.41) is 0. The number of aromatic nitrogens is 1. The normalized spacial score (nSPS) is 12.4. The highest BCUT2D eigenvalue weighted by Gasteiger charge is 2.06. The predicted octanol–water partition coefficient (Wildman–Crippen LogP) is 3.34. The van der Waals surface area contributed by atoms with Gasteiger partial charge in [-0.3, -0.25) is 0 Å². The molecule has 1 unspecified atom stereocenters. The third-order valence-corrected chi connectivity index (χ3v) is 3.30. The molecule has 1 heterocycles. The molecule has 0 saturated carbocycles. The Kier molecular flexibility index (Phi) is 4.63. The fourth-order valence-corrected chi connectivity index (χ4v) is 2.24. The van der Waals surface area contributed by atoms with E-state index in [1.54, 1.807) is 7.11 Å². The van der Waals surface area contributed by atoms with Crippen LogP contribution in [0.4, 0.5) is 0 Å². The Morgan fingerprint density at radius 2 is 2.16 bits per heavy atom. The number of methoxy groups -OCH3 is 1. The quantitative estimate of drug-likeness (QED) is 0.863. The second-order valence-corrected chi connectivity index (χ2v) is 4.86. The van der Waals surface area contributed by atoms with Crippen LogP contribution in [0.1, 0.15) is 36.9 Å². The molecule has 0 spiro atoms. The van der Waals surface area contributed by atoms with Crippen molar-refractivity contribution in [3.63, 3.8) is 0 Å². The average Bonchev–Trinajstić information content (AvgIpc) is 2.88. The SMILES string of the molecule is CCCC(N)c1ccn(Cc2cccc(OC)c2)c1. The highest BCUT2D eigenvalue weighted by molar-refractivity contribution is 5.29. The highest BCUT2D eigenvalue weighted by Crippen LogP contribution is 2.18. The van der Waals surface area contributed by atoms with E-state index >= 15 is 0 Å². The monoisotopic (exact) mass is 258 g/mol. The van der Waals surface area contributed by atoms with Gasteiger partial charge in [-0.1, -0.05) is 25.5 Å². The molecule has 0 saturated heterocycles. The summed E-state index contributed by atoms with van der Waals surface area (Å²) < 4.78 is 7.40. The molecule has 1 atom stereocenters. The summed E-state index contributed by atoms with van der Waals surface area (Å²) in [6.45, 7) is 3.00. The summed E-state index contributed by atoms with van der Waals surface area (Å²) in [7, 11) is 1.69. The fraction of sp³-hybridized carbons (Fsp3) is 0.375. The van der Waals surface area contributed by atoms with Gasteiger partial charge in [0.15, 0.2) is 0 Å². The average molecular weight is 258 g/mol. The van der Waals surface area contributed by atoms with Crippen molar-refractivity contribution in [1.29, 1.82) is 0 Å². The van der Waals surface area contributed by atoms with E-state index in [4.69, 9.17) is 10.5 Å². The van der Waals surface area contributed by atoms with Crippen LogP contribution in [0.3, 0.4) is 0 Å². The molecule has 0 aliphatic heterocycles. The first kappa shape index (κ1) is 13.7. The summed E-state index contributed by atoms with van der Waals surface area (Å²) in [6.07, 6.45) is 6.37. The van der Waals surface area contributed by atoms with Crippen LogP contribution < -0.4 is 10.5 Å². The minimum atomic E-state index is 0.150. The largest absolute Gasteiger partial charge is 0.497 e. The maximum atomic E-state index is 6.12. The van der Waals surface area contributed by atoms with Gasteiger partial charge in [0.05, 0.1) is 7.11 Å². The van der Waals surface area contributed by atoms with Gasteiger partial charge < -0.3 is 15.0 Å². The van der Waals surface area contributed by atoms with Crippen molar-refractivity contribution in [1.82, 2.24) is 4.57 Å². The smallest absolute Gasteiger partial charge is 0.119 e. The molecule has 1 aromatic carbocycles. The summed E-state index contributed by atoms with van der Waals surface area (Å²) in [5.74, 6) is 0.896. The second-order valence-electron chi connectivity index (χ2n) is 4.86. The van der Waals surface area contributed by atoms with Gasteiger partial charge in [0.25, 0.3) is 0 Å². The summed E-state index contributed by atoms with van der Waals surface area (Å²) in [4.78, 5) is 0. The Hall–Kier alpha value is -1.74. The van der Waals surface area contributed by atoms with Gasteiger partial charge in [-0.15, -0.1) is 0 Å². The van der Waals surface area contributed by atoms with E-state index in [0.29, 0.717) is 0 Å². The second kappa shape index (κ2) is 6.43. The number of rotatable bonds is 6. The molecule has 102 valence electrons. The van der Waals surface area contributed by atoms with Gasteiger partial charge in [0.1, 0.15) is 5.75 Å². The van der Waals surface area contributed by atoms with Crippen LogP contribution in [0, 0.1) is 0 Å². The number of hydrogen-bond donors (Lipinski definition) is 1. The van der Waals surface area contributed by atoms with Crippen LogP contribution in [0.2, 0.25) is 0 Å². The van der Waals surface area contributed by atoms with Crippen molar-refractivity contribution >= 4 is 0 Å². The van der Waals surface area contributed by atoms with E-state index in [1.165, 1.54) is 11.1 Å². The van der Waals surface area contributed by atoms with Gasteiger partial charge in [0, 0.05) is 25.0 Å². The van der Waals surface area contributed by atoms with Crippen LogP contribution >= 0.6 is 0 Å². The van der Waals surface area contributed by atoms with E-state index in [9.17, 15) is 0 Å². The van der Waals surface area contributed by atoms with Gasteiger partial charge in [0.2, 0.25) is 0 Å². The molecule has 2 N–H and O–H groups in total. The first-order chi connectivity index (χ1) is 9.22. The molecule has 2 aromatic rings. The molecule has 1 aromatic heterocycles. The van der Waals surface area contributed by atoms with E-state index in [0.717, 1.165) is 25.1 Å². The van der Waals surface area contributed by atoms with Crippen molar-refractivity contribution in [2.24, 2.45) is 5.73 Å². The standard InChI is InChI=1S/C16H22N2O/c1-3-5-16(17)14-8-9-18(12-14)11-13-6-4-7-15(10-13)19-2/h4,6-10,12,16H,3,5,11,17H2,1-2H3.